The van der Waals surface area contributed by atoms with E-state index in [1.54, 1.807) is 36.5 Å². The fourth-order valence-corrected chi connectivity index (χ4v) is 2.59. The van der Waals surface area contributed by atoms with E-state index in [4.69, 9.17) is 11.6 Å². The minimum absolute atomic E-state index is 0.193. The number of carbonyl (C=O) groups is 2. The van der Waals surface area contributed by atoms with Gasteiger partial charge in [-0.15, -0.1) is 0 Å². The number of aromatic nitrogens is 1. The number of amides is 2. The third-order valence-corrected chi connectivity index (χ3v) is 4.05. The topological polar surface area (TPSA) is 83.5 Å². The minimum Gasteiger partial charge on any atom is -0.321 e. The fourth-order valence-electron chi connectivity index (χ4n) is 2.42. The van der Waals surface area contributed by atoms with Crippen LogP contribution >= 0.6 is 11.6 Å². The van der Waals surface area contributed by atoms with Crippen LogP contribution in [0.25, 0.3) is 6.08 Å². The zero-order chi connectivity index (χ0) is 20.5. The van der Waals surface area contributed by atoms with Gasteiger partial charge in [-0.05, 0) is 42.0 Å². The van der Waals surface area contributed by atoms with Gasteiger partial charge in [0.05, 0.1) is 16.8 Å². The fraction of sp³-hybridized carbons (Fsp3) is 0. The van der Waals surface area contributed by atoms with Gasteiger partial charge in [-0.3, -0.25) is 14.6 Å². The maximum absolute atomic E-state index is 12.5. The van der Waals surface area contributed by atoms with Crippen LogP contribution in [0.3, 0.4) is 0 Å². The summed E-state index contributed by atoms with van der Waals surface area (Å²) in [7, 11) is 0. The van der Waals surface area contributed by atoms with E-state index in [9.17, 15) is 9.59 Å². The predicted octanol–water partition coefficient (Wildman–Crippen LogP) is 4.42. The van der Waals surface area contributed by atoms with Crippen LogP contribution in [0.15, 0.2) is 84.2 Å². The summed E-state index contributed by atoms with van der Waals surface area (Å²) in [6, 6.07) is 17.6. The first kappa shape index (κ1) is 20.0. The van der Waals surface area contributed by atoms with Gasteiger partial charge >= 0.3 is 0 Å². The smallest absolute Gasteiger partial charge is 0.273 e. The standard InChI is InChI=1S/C22H17ClN4O2/c23-18-10-11-20(26-21(28)17-9-5-12-24-15-17)19(14-18)22(29)27-25-13-4-8-16-6-2-1-3-7-16/h1-15H,(H,26,28)(H,27,29)/b8-4+,25-13+. The van der Waals surface area contributed by atoms with Crippen LogP contribution in [0.5, 0.6) is 0 Å². The van der Waals surface area contributed by atoms with Crippen molar-refractivity contribution in [3.8, 4) is 0 Å². The van der Waals surface area contributed by atoms with Gasteiger partial charge in [0, 0.05) is 23.6 Å². The number of nitrogens with one attached hydrogen (secondary N) is 2. The van der Waals surface area contributed by atoms with Crippen molar-refractivity contribution >= 4 is 41.4 Å². The van der Waals surface area contributed by atoms with E-state index in [1.807, 2.05) is 36.4 Å². The molecule has 0 aliphatic carbocycles. The highest BCUT2D eigenvalue weighted by atomic mass is 35.5. The van der Waals surface area contributed by atoms with Crippen LogP contribution in [-0.2, 0) is 0 Å². The van der Waals surface area contributed by atoms with Crippen molar-refractivity contribution in [1.29, 1.82) is 0 Å². The van der Waals surface area contributed by atoms with Crippen LogP contribution in [0.2, 0.25) is 5.02 Å². The van der Waals surface area contributed by atoms with E-state index in [2.05, 4.69) is 20.8 Å². The molecule has 0 saturated heterocycles. The van der Waals surface area contributed by atoms with E-state index < -0.39 is 5.91 Å². The molecule has 7 heteroatoms. The summed E-state index contributed by atoms with van der Waals surface area (Å²) in [5, 5.41) is 6.95. The van der Waals surface area contributed by atoms with Gasteiger partial charge in [0.25, 0.3) is 11.8 Å². The lowest BCUT2D eigenvalue weighted by Crippen LogP contribution is -2.21. The van der Waals surface area contributed by atoms with Crippen molar-refractivity contribution in [3.63, 3.8) is 0 Å². The molecule has 2 amide bonds. The maximum atomic E-state index is 12.5. The Bertz CT molecular complexity index is 1050. The maximum Gasteiger partial charge on any atom is 0.273 e. The van der Waals surface area contributed by atoms with E-state index in [1.165, 1.54) is 18.5 Å². The molecule has 3 rings (SSSR count). The van der Waals surface area contributed by atoms with Gasteiger partial charge in [0.2, 0.25) is 0 Å². The summed E-state index contributed by atoms with van der Waals surface area (Å²) < 4.78 is 0. The van der Waals surface area contributed by atoms with Crippen LogP contribution in [0.4, 0.5) is 5.69 Å². The molecular formula is C22H17ClN4O2. The number of hydrogen-bond acceptors (Lipinski definition) is 4. The van der Waals surface area contributed by atoms with Gasteiger partial charge in [0.1, 0.15) is 0 Å². The third-order valence-electron chi connectivity index (χ3n) is 3.81. The van der Waals surface area contributed by atoms with E-state index in [0.717, 1.165) is 5.56 Å². The highest BCUT2D eigenvalue weighted by Crippen LogP contribution is 2.21. The number of rotatable bonds is 6. The lowest BCUT2D eigenvalue weighted by Gasteiger charge is -2.10. The molecule has 0 bridgehead atoms. The number of nitrogens with zero attached hydrogens (tertiary/aromatic N) is 2. The molecule has 144 valence electrons. The molecule has 0 fully saturated rings. The molecular weight excluding hydrogens is 388 g/mol. The molecule has 0 saturated carbocycles. The summed E-state index contributed by atoms with van der Waals surface area (Å²) in [6.45, 7) is 0. The lowest BCUT2D eigenvalue weighted by atomic mass is 10.1. The van der Waals surface area contributed by atoms with Gasteiger partial charge in [-0.1, -0.05) is 48.0 Å². The normalized spacial score (nSPS) is 10.9. The molecule has 1 heterocycles. The molecule has 1 aromatic heterocycles. The average Bonchev–Trinajstić information content (AvgIpc) is 2.76. The molecule has 6 nitrogen and oxygen atoms in total. The van der Waals surface area contributed by atoms with Crippen LogP contribution in [0.1, 0.15) is 26.3 Å². The van der Waals surface area contributed by atoms with E-state index >= 15 is 0 Å². The van der Waals surface area contributed by atoms with Gasteiger partial charge in [-0.25, -0.2) is 5.43 Å². The molecule has 0 unspecified atom stereocenters. The number of benzene rings is 2. The molecule has 0 radical (unpaired) electrons. The largest absolute Gasteiger partial charge is 0.321 e. The first-order valence-electron chi connectivity index (χ1n) is 8.69. The monoisotopic (exact) mass is 404 g/mol. The van der Waals surface area contributed by atoms with Crippen LogP contribution in [0, 0.1) is 0 Å². The first-order valence-corrected chi connectivity index (χ1v) is 9.07. The van der Waals surface area contributed by atoms with E-state index in [-0.39, 0.29) is 11.5 Å². The Kier molecular flexibility index (Phi) is 6.86. The molecule has 0 aliphatic rings. The van der Waals surface area contributed by atoms with E-state index in [0.29, 0.717) is 16.3 Å². The van der Waals surface area contributed by atoms with Gasteiger partial charge < -0.3 is 5.32 Å². The summed E-state index contributed by atoms with van der Waals surface area (Å²) in [5.74, 6) is -0.887. The Morgan fingerprint density at radius 3 is 2.59 bits per heavy atom. The zero-order valence-electron chi connectivity index (χ0n) is 15.2. The number of anilines is 1. The molecule has 2 N–H and O–H groups in total. The van der Waals surface area contributed by atoms with Crippen molar-refractivity contribution in [2.45, 2.75) is 0 Å². The van der Waals surface area contributed by atoms with Gasteiger partial charge in [-0.2, -0.15) is 5.10 Å². The quantitative estimate of drug-likeness (QED) is 0.471. The predicted molar refractivity (Wildman–Crippen MR) is 115 cm³/mol. The minimum atomic E-state index is -0.502. The number of halogens is 1. The SMILES string of the molecule is O=C(Nc1ccc(Cl)cc1C(=O)N/N=C/C=C/c1ccccc1)c1cccnc1. The average molecular weight is 405 g/mol. The highest BCUT2D eigenvalue weighted by Gasteiger charge is 2.15. The van der Waals surface area contributed by atoms with Crippen molar-refractivity contribution in [2.24, 2.45) is 5.10 Å². The molecule has 2 aromatic carbocycles. The number of allylic oxidation sites excluding steroid dienone is 1. The number of hydrazone groups is 1. The Balaban J connectivity index is 1.68. The molecule has 0 spiro atoms. The highest BCUT2D eigenvalue weighted by molar-refractivity contribution is 6.31. The first-order chi connectivity index (χ1) is 14.1. The van der Waals surface area contributed by atoms with Gasteiger partial charge in [0.15, 0.2) is 0 Å². The van der Waals surface area contributed by atoms with Crippen molar-refractivity contribution in [2.75, 3.05) is 5.32 Å². The second kappa shape index (κ2) is 9.96. The van der Waals surface area contributed by atoms with Crippen molar-refractivity contribution in [3.05, 3.63) is 101 Å². The number of hydrogen-bond donors (Lipinski definition) is 2. The Hall–Kier alpha value is -3.77. The summed E-state index contributed by atoms with van der Waals surface area (Å²) in [5.41, 5.74) is 4.32. The Morgan fingerprint density at radius 1 is 1.00 bits per heavy atom. The Labute approximate surface area is 172 Å². The summed E-state index contributed by atoms with van der Waals surface area (Å²) in [6.07, 6.45) is 8.03. The second-order valence-electron chi connectivity index (χ2n) is 5.87. The zero-order valence-corrected chi connectivity index (χ0v) is 16.0. The molecule has 3 aromatic rings. The summed E-state index contributed by atoms with van der Waals surface area (Å²) >= 11 is 6.01. The second-order valence-corrected chi connectivity index (χ2v) is 6.31. The lowest BCUT2D eigenvalue weighted by molar-refractivity contribution is 0.0956. The summed E-state index contributed by atoms with van der Waals surface area (Å²) in [4.78, 5) is 28.8. The Morgan fingerprint density at radius 2 is 1.83 bits per heavy atom. The molecule has 0 aliphatic heterocycles. The van der Waals surface area contributed by atoms with Crippen molar-refractivity contribution < 1.29 is 9.59 Å². The molecule has 29 heavy (non-hydrogen) atoms. The molecule has 0 atom stereocenters. The number of carbonyl (C=O) groups excluding carboxylic acids is 2. The van der Waals surface area contributed by atoms with Crippen LogP contribution < -0.4 is 10.7 Å². The number of pyridine rings is 1. The third kappa shape index (κ3) is 5.85. The van der Waals surface area contributed by atoms with Crippen LogP contribution in [-0.4, -0.2) is 23.0 Å². The van der Waals surface area contributed by atoms with Crippen molar-refractivity contribution in [1.82, 2.24) is 10.4 Å².